The van der Waals surface area contributed by atoms with Gasteiger partial charge in [-0.1, -0.05) is 13.8 Å². The molecule has 2 atom stereocenters. The molecule has 72 valence electrons. The summed E-state index contributed by atoms with van der Waals surface area (Å²) in [6.45, 7) is 5.37. The standard InChI is InChI=1S/C9H17FO2/c1-6(2)4-8(7(3)10)5-9(11)12/h6-8H,4-5H2,1-3H3,(H,11,12). The normalized spacial score (nSPS) is 16.1. The minimum absolute atomic E-state index is 0.0597. The molecule has 2 nitrogen and oxygen atoms in total. The highest BCUT2D eigenvalue weighted by Gasteiger charge is 2.20. The maximum Gasteiger partial charge on any atom is 0.303 e. The molecule has 0 aliphatic rings. The Balaban J connectivity index is 3.95. The molecule has 0 spiro atoms. The molecule has 0 bridgehead atoms. The summed E-state index contributed by atoms with van der Waals surface area (Å²) in [4.78, 5) is 10.3. The third kappa shape index (κ3) is 5.10. The van der Waals surface area contributed by atoms with E-state index >= 15 is 0 Å². The lowest BCUT2D eigenvalue weighted by atomic mass is 9.91. The van der Waals surface area contributed by atoms with Gasteiger partial charge in [0, 0.05) is 5.92 Å². The third-order valence-electron chi connectivity index (χ3n) is 1.86. The molecule has 0 rings (SSSR count). The molecule has 0 radical (unpaired) electrons. The molecule has 12 heavy (non-hydrogen) atoms. The van der Waals surface area contributed by atoms with Gasteiger partial charge in [0.25, 0.3) is 0 Å². The van der Waals surface area contributed by atoms with Crippen LogP contribution in [0.3, 0.4) is 0 Å². The summed E-state index contributed by atoms with van der Waals surface area (Å²) in [7, 11) is 0. The van der Waals surface area contributed by atoms with Gasteiger partial charge in [0.05, 0.1) is 6.42 Å². The summed E-state index contributed by atoms with van der Waals surface area (Å²) in [6.07, 6.45) is -0.441. The molecule has 0 saturated heterocycles. The highest BCUT2D eigenvalue weighted by molar-refractivity contribution is 5.67. The first-order valence-electron chi connectivity index (χ1n) is 4.29. The molecule has 0 aliphatic carbocycles. The summed E-state index contributed by atoms with van der Waals surface area (Å²) in [5.41, 5.74) is 0. The van der Waals surface area contributed by atoms with Gasteiger partial charge in [0.15, 0.2) is 0 Å². The van der Waals surface area contributed by atoms with Crippen LogP contribution >= 0.6 is 0 Å². The number of halogens is 1. The van der Waals surface area contributed by atoms with E-state index < -0.39 is 12.1 Å². The fourth-order valence-electron chi connectivity index (χ4n) is 1.26. The molecule has 1 N–H and O–H groups in total. The predicted octanol–water partition coefficient (Wildman–Crippen LogP) is 2.48. The number of carbonyl (C=O) groups is 1. The van der Waals surface area contributed by atoms with Crippen molar-refractivity contribution >= 4 is 5.97 Å². The molecule has 0 aromatic carbocycles. The van der Waals surface area contributed by atoms with Crippen LogP contribution in [0.5, 0.6) is 0 Å². The van der Waals surface area contributed by atoms with E-state index in [1.807, 2.05) is 13.8 Å². The van der Waals surface area contributed by atoms with Crippen LogP contribution in [-0.2, 0) is 4.79 Å². The first-order chi connectivity index (χ1) is 5.43. The fourth-order valence-corrected chi connectivity index (χ4v) is 1.26. The summed E-state index contributed by atoms with van der Waals surface area (Å²) in [5.74, 6) is -0.889. The minimum Gasteiger partial charge on any atom is -0.481 e. The highest BCUT2D eigenvalue weighted by Crippen LogP contribution is 2.21. The Labute approximate surface area is 72.8 Å². The molecule has 0 amide bonds. The van der Waals surface area contributed by atoms with Crippen molar-refractivity contribution in [1.29, 1.82) is 0 Å². The molecule has 0 fully saturated rings. The second-order valence-corrected chi connectivity index (χ2v) is 3.67. The maximum atomic E-state index is 12.8. The van der Waals surface area contributed by atoms with Crippen molar-refractivity contribution < 1.29 is 14.3 Å². The summed E-state index contributed by atoms with van der Waals surface area (Å²) < 4.78 is 12.8. The monoisotopic (exact) mass is 176 g/mol. The Morgan fingerprint density at radius 2 is 1.92 bits per heavy atom. The van der Waals surface area contributed by atoms with Crippen LogP contribution in [0.1, 0.15) is 33.6 Å². The molecule has 0 aromatic rings. The van der Waals surface area contributed by atoms with E-state index in [0.29, 0.717) is 12.3 Å². The zero-order valence-electron chi connectivity index (χ0n) is 7.88. The average Bonchev–Trinajstić information content (AvgIpc) is 1.83. The Morgan fingerprint density at radius 3 is 2.17 bits per heavy atom. The number of hydrogen-bond acceptors (Lipinski definition) is 1. The van der Waals surface area contributed by atoms with Crippen molar-refractivity contribution in [3.63, 3.8) is 0 Å². The van der Waals surface area contributed by atoms with Crippen molar-refractivity contribution in [3.8, 4) is 0 Å². The van der Waals surface area contributed by atoms with Crippen LogP contribution in [0.4, 0.5) is 4.39 Å². The van der Waals surface area contributed by atoms with Crippen LogP contribution in [0.15, 0.2) is 0 Å². The van der Waals surface area contributed by atoms with Crippen molar-refractivity contribution in [2.24, 2.45) is 11.8 Å². The van der Waals surface area contributed by atoms with Gasteiger partial charge in [-0.25, -0.2) is 4.39 Å². The molecule has 0 aliphatic heterocycles. The Morgan fingerprint density at radius 1 is 1.42 bits per heavy atom. The maximum absolute atomic E-state index is 12.8. The lowest BCUT2D eigenvalue weighted by Crippen LogP contribution is -2.18. The van der Waals surface area contributed by atoms with Gasteiger partial charge in [-0.15, -0.1) is 0 Å². The van der Waals surface area contributed by atoms with Gasteiger partial charge >= 0.3 is 5.97 Å². The third-order valence-corrected chi connectivity index (χ3v) is 1.86. The van der Waals surface area contributed by atoms with E-state index in [-0.39, 0.29) is 12.3 Å². The number of alkyl halides is 1. The van der Waals surface area contributed by atoms with E-state index in [1.54, 1.807) is 0 Å². The van der Waals surface area contributed by atoms with Crippen molar-refractivity contribution in [1.82, 2.24) is 0 Å². The lowest BCUT2D eigenvalue weighted by Gasteiger charge is -2.17. The Kier molecular flexibility index (Phi) is 4.86. The number of rotatable bonds is 5. The zero-order valence-corrected chi connectivity index (χ0v) is 7.88. The zero-order chi connectivity index (χ0) is 9.72. The highest BCUT2D eigenvalue weighted by atomic mass is 19.1. The van der Waals surface area contributed by atoms with E-state index in [9.17, 15) is 9.18 Å². The minimum atomic E-state index is -1.02. The van der Waals surface area contributed by atoms with E-state index in [1.165, 1.54) is 6.92 Å². The van der Waals surface area contributed by atoms with E-state index in [2.05, 4.69) is 0 Å². The summed E-state index contributed by atoms with van der Waals surface area (Å²) >= 11 is 0. The molecule has 0 saturated carbocycles. The van der Waals surface area contributed by atoms with Crippen LogP contribution in [0, 0.1) is 11.8 Å². The number of carboxylic acids is 1. The smallest absolute Gasteiger partial charge is 0.303 e. The second kappa shape index (κ2) is 5.12. The van der Waals surface area contributed by atoms with Crippen molar-refractivity contribution in [2.45, 2.75) is 39.8 Å². The Bertz CT molecular complexity index is 143. The summed E-state index contributed by atoms with van der Waals surface area (Å²) in [5, 5.41) is 8.48. The van der Waals surface area contributed by atoms with Crippen LogP contribution in [0.2, 0.25) is 0 Å². The molecule has 2 unspecified atom stereocenters. The molecule has 0 aromatic heterocycles. The number of aliphatic carboxylic acids is 1. The SMILES string of the molecule is CC(C)CC(CC(=O)O)C(C)F. The largest absolute Gasteiger partial charge is 0.481 e. The number of hydrogen-bond donors (Lipinski definition) is 1. The van der Waals surface area contributed by atoms with Gasteiger partial charge < -0.3 is 5.11 Å². The van der Waals surface area contributed by atoms with E-state index in [4.69, 9.17) is 5.11 Å². The molecular formula is C9H17FO2. The van der Waals surface area contributed by atoms with Gasteiger partial charge in [-0.05, 0) is 19.3 Å². The van der Waals surface area contributed by atoms with Crippen molar-refractivity contribution in [3.05, 3.63) is 0 Å². The quantitative estimate of drug-likeness (QED) is 0.698. The van der Waals surface area contributed by atoms with Crippen LogP contribution < -0.4 is 0 Å². The van der Waals surface area contributed by atoms with E-state index in [0.717, 1.165) is 0 Å². The topological polar surface area (TPSA) is 37.3 Å². The van der Waals surface area contributed by atoms with Crippen LogP contribution in [-0.4, -0.2) is 17.2 Å². The van der Waals surface area contributed by atoms with Gasteiger partial charge in [-0.3, -0.25) is 4.79 Å². The Hall–Kier alpha value is -0.600. The van der Waals surface area contributed by atoms with Crippen molar-refractivity contribution in [2.75, 3.05) is 0 Å². The summed E-state index contributed by atoms with van der Waals surface area (Å²) in [6, 6.07) is 0. The fraction of sp³-hybridized carbons (Fsp3) is 0.889. The predicted molar refractivity (Wildman–Crippen MR) is 45.8 cm³/mol. The lowest BCUT2D eigenvalue weighted by molar-refractivity contribution is -0.138. The average molecular weight is 176 g/mol. The molecular weight excluding hydrogens is 159 g/mol. The van der Waals surface area contributed by atoms with Gasteiger partial charge in [-0.2, -0.15) is 0 Å². The van der Waals surface area contributed by atoms with Crippen LogP contribution in [0.25, 0.3) is 0 Å². The molecule has 0 heterocycles. The first-order valence-corrected chi connectivity index (χ1v) is 4.29. The van der Waals surface area contributed by atoms with Gasteiger partial charge in [0.1, 0.15) is 6.17 Å². The molecule has 3 heteroatoms. The second-order valence-electron chi connectivity index (χ2n) is 3.67. The number of carboxylic acid groups (broad SMARTS) is 1. The first kappa shape index (κ1) is 11.4. The van der Waals surface area contributed by atoms with Gasteiger partial charge in [0.2, 0.25) is 0 Å².